The SMILES string of the molecule is O=S(=O)(NCc1cccnn1)c1c(Cl)cc(Br)cc1Cl. The van der Waals surface area contributed by atoms with Gasteiger partial charge in [-0.2, -0.15) is 10.2 Å². The van der Waals surface area contributed by atoms with Gasteiger partial charge in [0.2, 0.25) is 10.0 Å². The minimum absolute atomic E-state index is 0.00110. The maximum atomic E-state index is 12.2. The summed E-state index contributed by atoms with van der Waals surface area (Å²) in [6.07, 6.45) is 1.50. The number of nitrogens with zero attached hydrogens (tertiary/aromatic N) is 2. The van der Waals surface area contributed by atoms with Gasteiger partial charge in [0, 0.05) is 10.7 Å². The van der Waals surface area contributed by atoms with Gasteiger partial charge in [0.1, 0.15) is 4.90 Å². The van der Waals surface area contributed by atoms with E-state index >= 15 is 0 Å². The average molecular weight is 397 g/mol. The summed E-state index contributed by atoms with van der Waals surface area (Å²) >= 11 is 15.1. The van der Waals surface area contributed by atoms with E-state index in [2.05, 4.69) is 30.8 Å². The summed E-state index contributed by atoms with van der Waals surface area (Å²) in [6, 6.07) is 6.24. The van der Waals surface area contributed by atoms with Crippen molar-refractivity contribution in [1.82, 2.24) is 14.9 Å². The maximum Gasteiger partial charge on any atom is 0.243 e. The summed E-state index contributed by atoms with van der Waals surface area (Å²) in [5, 5.41) is 7.52. The van der Waals surface area contributed by atoms with Gasteiger partial charge < -0.3 is 0 Å². The maximum absolute atomic E-state index is 12.2. The molecule has 0 aliphatic carbocycles. The van der Waals surface area contributed by atoms with Gasteiger partial charge in [-0.1, -0.05) is 39.1 Å². The molecule has 1 N–H and O–H groups in total. The number of sulfonamides is 1. The zero-order chi connectivity index (χ0) is 14.8. The molecule has 2 aromatic rings. The molecule has 1 heterocycles. The third-order valence-electron chi connectivity index (χ3n) is 2.30. The number of nitrogens with one attached hydrogen (secondary N) is 1. The minimum Gasteiger partial charge on any atom is -0.207 e. The van der Waals surface area contributed by atoms with Crippen molar-refractivity contribution < 1.29 is 8.42 Å². The Morgan fingerprint density at radius 2 is 1.90 bits per heavy atom. The van der Waals surface area contributed by atoms with Gasteiger partial charge in [-0.05, 0) is 24.3 Å². The standard InChI is InChI=1S/C11H8BrCl2N3O2S/c12-7-4-9(13)11(10(14)5-7)20(18,19)16-6-8-2-1-3-15-17-8/h1-5,16H,6H2. The van der Waals surface area contributed by atoms with E-state index in [0.29, 0.717) is 10.2 Å². The molecule has 0 radical (unpaired) electrons. The lowest BCUT2D eigenvalue weighted by atomic mass is 10.4. The molecule has 0 saturated carbocycles. The van der Waals surface area contributed by atoms with Crippen LogP contribution < -0.4 is 4.72 Å². The highest BCUT2D eigenvalue weighted by atomic mass is 79.9. The van der Waals surface area contributed by atoms with Gasteiger partial charge in [-0.3, -0.25) is 0 Å². The zero-order valence-electron chi connectivity index (χ0n) is 9.85. The molecule has 20 heavy (non-hydrogen) atoms. The molecule has 0 atom stereocenters. The summed E-state index contributed by atoms with van der Waals surface area (Å²) in [7, 11) is -3.84. The van der Waals surface area contributed by atoms with E-state index in [4.69, 9.17) is 23.2 Å². The van der Waals surface area contributed by atoms with E-state index in [1.807, 2.05) is 0 Å². The molecule has 2 rings (SSSR count). The summed E-state index contributed by atoms with van der Waals surface area (Å²) in [5.41, 5.74) is 0.487. The molecular weight excluding hydrogens is 389 g/mol. The Morgan fingerprint density at radius 1 is 1.25 bits per heavy atom. The van der Waals surface area contributed by atoms with Crippen molar-refractivity contribution in [1.29, 1.82) is 0 Å². The smallest absolute Gasteiger partial charge is 0.207 e. The Balaban J connectivity index is 2.28. The number of hydrogen-bond donors (Lipinski definition) is 1. The first-order valence-corrected chi connectivity index (χ1v) is 8.34. The van der Waals surface area contributed by atoms with Crippen LogP contribution in [0.5, 0.6) is 0 Å². The minimum atomic E-state index is -3.84. The van der Waals surface area contributed by atoms with Crippen LogP contribution in [-0.4, -0.2) is 18.6 Å². The lowest BCUT2D eigenvalue weighted by molar-refractivity contribution is 0.580. The number of benzene rings is 1. The average Bonchev–Trinajstić information content (AvgIpc) is 2.36. The monoisotopic (exact) mass is 395 g/mol. The van der Waals surface area contributed by atoms with Crippen LogP contribution in [0.4, 0.5) is 0 Å². The molecule has 1 aromatic heterocycles. The van der Waals surface area contributed by atoms with E-state index in [-0.39, 0.29) is 21.5 Å². The first kappa shape index (κ1) is 15.7. The fraction of sp³-hybridized carbons (Fsp3) is 0.0909. The van der Waals surface area contributed by atoms with E-state index < -0.39 is 10.0 Å². The highest BCUT2D eigenvalue weighted by Gasteiger charge is 2.22. The van der Waals surface area contributed by atoms with Crippen molar-refractivity contribution in [3.05, 3.63) is 50.7 Å². The van der Waals surface area contributed by atoms with Crippen molar-refractivity contribution in [2.24, 2.45) is 0 Å². The van der Waals surface area contributed by atoms with E-state index in [9.17, 15) is 8.42 Å². The van der Waals surface area contributed by atoms with Crippen LogP contribution in [-0.2, 0) is 16.6 Å². The third-order valence-corrected chi connectivity index (χ3v) is 5.08. The van der Waals surface area contributed by atoms with E-state index in [0.717, 1.165) is 0 Å². The Hall–Kier alpha value is -0.730. The second-order valence-corrected chi connectivity index (χ2v) is 7.17. The van der Waals surface area contributed by atoms with Gasteiger partial charge >= 0.3 is 0 Å². The summed E-state index contributed by atoms with van der Waals surface area (Å²) in [6.45, 7) is -0.00110. The Bertz CT molecular complexity index is 703. The molecule has 0 aliphatic heterocycles. The van der Waals surface area contributed by atoms with Gasteiger partial charge in [0.15, 0.2) is 0 Å². The van der Waals surface area contributed by atoms with Crippen LogP contribution >= 0.6 is 39.1 Å². The number of hydrogen-bond acceptors (Lipinski definition) is 4. The number of halogens is 3. The number of rotatable bonds is 4. The first-order chi connectivity index (χ1) is 9.40. The topological polar surface area (TPSA) is 72.0 Å². The summed E-state index contributed by atoms with van der Waals surface area (Å²) in [5.74, 6) is 0. The molecule has 0 fully saturated rings. The molecule has 9 heteroatoms. The Labute approximate surface area is 134 Å². The Kier molecular flexibility index (Phi) is 4.98. The van der Waals surface area contributed by atoms with Crippen LogP contribution in [0.25, 0.3) is 0 Å². The predicted octanol–water partition coefficient (Wildman–Crippen LogP) is 3.02. The van der Waals surface area contributed by atoms with Crippen LogP contribution in [0.1, 0.15) is 5.69 Å². The van der Waals surface area contributed by atoms with E-state index in [1.54, 1.807) is 12.1 Å². The normalized spacial score (nSPS) is 11.6. The third kappa shape index (κ3) is 3.67. The molecule has 0 bridgehead atoms. The van der Waals surface area contributed by atoms with Crippen LogP contribution in [0.3, 0.4) is 0 Å². The first-order valence-electron chi connectivity index (χ1n) is 5.31. The highest BCUT2D eigenvalue weighted by molar-refractivity contribution is 9.10. The zero-order valence-corrected chi connectivity index (χ0v) is 13.8. The highest BCUT2D eigenvalue weighted by Crippen LogP contribution is 2.32. The fourth-order valence-electron chi connectivity index (χ4n) is 1.45. The number of aromatic nitrogens is 2. The van der Waals surface area contributed by atoms with Gasteiger partial charge in [-0.25, -0.2) is 13.1 Å². The molecule has 5 nitrogen and oxygen atoms in total. The van der Waals surface area contributed by atoms with Crippen molar-refractivity contribution >= 4 is 49.2 Å². The summed E-state index contributed by atoms with van der Waals surface area (Å²) in [4.78, 5) is -0.159. The largest absolute Gasteiger partial charge is 0.243 e. The van der Waals surface area contributed by atoms with Crippen molar-refractivity contribution in [2.75, 3.05) is 0 Å². The second-order valence-electron chi connectivity index (χ2n) is 3.74. The van der Waals surface area contributed by atoms with Gasteiger partial charge in [0.05, 0.1) is 22.3 Å². The predicted molar refractivity (Wildman–Crippen MR) is 80.2 cm³/mol. The quantitative estimate of drug-likeness (QED) is 0.861. The van der Waals surface area contributed by atoms with Crippen LogP contribution in [0, 0.1) is 0 Å². The summed E-state index contributed by atoms with van der Waals surface area (Å²) < 4.78 is 27.4. The second kappa shape index (κ2) is 6.36. The molecule has 0 aliphatic rings. The fourth-order valence-corrected chi connectivity index (χ4v) is 4.39. The molecule has 0 saturated heterocycles. The molecular formula is C11H8BrCl2N3O2S. The molecule has 0 spiro atoms. The van der Waals surface area contributed by atoms with Crippen molar-refractivity contribution in [2.45, 2.75) is 11.4 Å². The molecule has 0 unspecified atom stereocenters. The van der Waals surface area contributed by atoms with E-state index in [1.165, 1.54) is 18.3 Å². The molecule has 1 aromatic carbocycles. The molecule has 0 amide bonds. The van der Waals surface area contributed by atoms with Crippen molar-refractivity contribution in [3.8, 4) is 0 Å². The van der Waals surface area contributed by atoms with Gasteiger partial charge in [-0.15, -0.1) is 0 Å². The lowest BCUT2D eigenvalue weighted by Gasteiger charge is -2.10. The van der Waals surface area contributed by atoms with Crippen molar-refractivity contribution in [3.63, 3.8) is 0 Å². The Morgan fingerprint density at radius 3 is 2.45 bits per heavy atom. The van der Waals surface area contributed by atoms with Gasteiger partial charge in [0.25, 0.3) is 0 Å². The van der Waals surface area contributed by atoms with Crippen LogP contribution in [0.2, 0.25) is 10.0 Å². The lowest BCUT2D eigenvalue weighted by Crippen LogP contribution is -2.24. The van der Waals surface area contributed by atoms with Crippen LogP contribution in [0.15, 0.2) is 39.8 Å². The molecule has 106 valence electrons.